The van der Waals surface area contributed by atoms with E-state index < -0.39 is 0 Å². The molecular weight excluding hydrogens is 232 g/mol. The maximum atomic E-state index is 13.4. The molecule has 1 unspecified atom stereocenters. The summed E-state index contributed by atoms with van der Waals surface area (Å²) in [6, 6.07) is 5.27. The molecule has 1 aromatic carbocycles. The van der Waals surface area contributed by atoms with Crippen LogP contribution in [0.25, 0.3) is 0 Å². The minimum atomic E-state index is -0.236. The number of alkyl halides is 1. The van der Waals surface area contributed by atoms with Crippen molar-refractivity contribution in [1.29, 1.82) is 0 Å². The van der Waals surface area contributed by atoms with E-state index in [0.717, 1.165) is 30.8 Å². The molecule has 0 spiro atoms. The van der Waals surface area contributed by atoms with Gasteiger partial charge in [0.05, 0.1) is 6.67 Å². The minimum Gasteiger partial charge on any atom is -0.303 e. The number of benzene rings is 1. The molecule has 3 heteroatoms. The summed E-state index contributed by atoms with van der Waals surface area (Å²) in [4.78, 5) is 2.27. The molecule has 1 saturated heterocycles. The zero-order valence-corrected chi connectivity index (χ0v) is 11.1. The number of nitrogens with zero attached hydrogens (tertiary/aromatic N) is 1. The first-order chi connectivity index (χ1) is 8.60. The lowest BCUT2D eigenvalue weighted by Crippen LogP contribution is -2.49. The van der Waals surface area contributed by atoms with Gasteiger partial charge in [0, 0.05) is 19.6 Å². The highest BCUT2D eigenvalue weighted by Crippen LogP contribution is 2.32. The predicted molar refractivity (Wildman–Crippen MR) is 70.1 cm³/mol. The lowest BCUT2D eigenvalue weighted by molar-refractivity contribution is 0.0812. The molecule has 100 valence electrons. The molecule has 1 aliphatic heterocycles. The average molecular weight is 253 g/mol. The van der Waals surface area contributed by atoms with Crippen LogP contribution in [0.4, 0.5) is 8.78 Å². The van der Waals surface area contributed by atoms with E-state index in [2.05, 4.69) is 17.9 Å². The van der Waals surface area contributed by atoms with Crippen LogP contribution in [0.5, 0.6) is 0 Å². The Morgan fingerprint density at radius 3 is 2.67 bits per heavy atom. The molecule has 2 rings (SSSR count). The van der Waals surface area contributed by atoms with E-state index in [1.807, 2.05) is 6.92 Å². The van der Waals surface area contributed by atoms with Crippen molar-refractivity contribution in [3.05, 3.63) is 35.1 Å². The van der Waals surface area contributed by atoms with Crippen LogP contribution in [-0.2, 0) is 0 Å². The van der Waals surface area contributed by atoms with Gasteiger partial charge < -0.3 is 4.90 Å². The van der Waals surface area contributed by atoms with Gasteiger partial charge in [0.25, 0.3) is 0 Å². The number of aryl methyl sites for hydroxylation is 1. The first-order valence-electron chi connectivity index (χ1n) is 6.65. The second-order valence-corrected chi connectivity index (χ2v) is 5.41. The van der Waals surface area contributed by atoms with E-state index >= 15 is 0 Å². The van der Waals surface area contributed by atoms with Crippen LogP contribution in [0.3, 0.4) is 0 Å². The maximum absolute atomic E-state index is 13.4. The van der Waals surface area contributed by atoms with Crippen LogP contribution < -0.4 is 0 Å². The molecule has 1 atom stereocenters. The lowest BCUT2D eigenvalue weighted by atomic mass is 9.82. The highest BCUT2D eigenvalue weighted by Gasteiger charge is 2.31. The first kappa shape index (κ1) is 13.5. The van der Waals surface area contributed by atoms with E-state index in [4.69, 9.17) is 0 Å². The molecule has 0 saturated carbocycles. The van der Waals surface area contributed by atoms with Gasteiger partial charge in [-0.1, -0.05) is 13.0 Å². The molecule has 1 heterocycles. The lowest BCUT2D eigenvalue weighted by Gasteiger charge is -2.42. The fourth-order valence-corrected chi connectivity index (χ4v) is 2.69. The van der Waals surface area contributed by atoms with Gasteiger partial charge in [-0.3, -0.25) is 4.39 Å². The van der Waals surface area contributed by atoms with Crippen molar-refractivity contribution in [2.24, 2.45) is 5.92 Å². The normalized spacial score (nSPS) is 18.7. The van der Waals surface area contributed by atoms with Crippen molar-refractivity contribution in [3.8, 4) is 0 Å². The number of rotatable bonds is 5. The Hall–Kier alpha value is -0.960. The summed E-state index contributed by atoms with van der Waals surface area (Å²) in [5.41, 5.74) is 2.06. The van der Waals surface area contributed by atoms with Gasteiger partial charge in [0.15, 0.2) is 0 Å². The zero-order chi connectivity index (χ0) is 13.1. The molecule has 1 aromatic rings. The molecule has 1 aliphatic rings. The molecule has 0 bridgehead atoms. The van der Waals surface area contributed by atoms with Gasteiger partial charge in [0.1, 0.15) is 5.82 Å². The third-order valence-electron chi connectivity index (χ3n) is 3.89. The summed E-state index contributed by atoms with van der Waals surface area (Å²) in [6.07, 6.45) is 0.625. The van der Waals surface area contributed by atoms with E-state index in [-0.39, 0.29) is 12.5 Å². The molecule has 1 nitrogen and oxygen atoms in total. The summed E-state index contributed by atoms with van der Waals surface area (Å²) < 4.78 is 25.4. The second kappa shape index (κ2) is 5.79. The third kappa shape index (κ3) is 3.08. The fraction of sp³-hybridized carbons (Fsp3) is 0.600. The number of likely N-dealkylation sites (tertiary alicyclic amines) is 1. The summed E-state index contributed by atoms with van der Waals surface area (Å²) in [5.74, 6) is 0.803. The summed E-state index contributed by atoms with van der Waals surface area (Å²) in [6.45, 7) is 6.72. The van der Waals surface area contributed by atoms with Crippen LogP contribution in [-0.4, -0.2) is 31.2 Å². The topological polar surface area (TPSA) is 3.24 Å². The van der Waals surface area contributed by atoms with Gasteiger partial charge in [0.2, 0.25) is 0 Å². The van der Waals surface area contributed by atoms with Crippen molar-refractivity contribution < 1.29 is 8.78 Å². The quantitative estimate of drug-likeness (QED) is 0.776. The molecule has 18 heavy (non-hydrogen) atoms. The Morgan fingerprint density at radius 1 is 1.33 bits per heavy atom. The van der Waals surface area contributed by atoms with Crippen molar-refractivity contribution >= 4 is 0 Å². The van der Waals surface area contributed by atoms with Crippen molar-refractivity contribution in [2.75, 3.05) is 26.3 Å². The highest BCUT2D eigenvalue weighted by atomic mass is 19.1. The van der Waals surface area contributed by atoms with E-state index in [0.29, 0.717) is 18.3 Å². The van der Waals surface area contributed by atoms with Crippen molar-refractivity contribution in [2.45, 2.75) is 26.2 Å². The summed E-state index contributed by atoms with van der Waals surface area (Å²) >= 11 is 0. The monoisotopic (exact) mass is 253 g/mol. The molecule has 0 aromatic heterocycles. The Balaban J connectivity index is 1.91. The SMILES string of the molecule is Cc1cc(F)cc(C(C)C2CN(CCCF)C2)c1. The number of hydrogen-bond donors (Lipinski definition) is 0. The Labute approximate surface area is 108 Å². The zero-order valence-electron chi connectivity index (χ0n) is 11.1. The molecular formula is C15H21F2N. The van der Waals surface area contributed by atoms with E-state index in [9.17, 15) is 8.78 Å². The van der Waals surface area contributed by atoms with Crippen molar-refractivity contribution in [1.82, 2.24) is 4.90 Å². The molecule has 0 aliphatic carbocycles. The van der Waals surface area contributed by atoms with Gasteiger partial charge in [-0.2, -0.15) is 0 Å². The molecule has 0 N–H and O–H groups in total. The fourth-order valence-electron chi connectivity index (χ4n) is 2.69. The van der Waals surface area contributed by atoms with Gasteiger partial charge in [-0.25, -0.2) is 4.39 Å². The van der Waals surface area contributed by atoms with Gasteiger partial charge in [-0.15, -0.1) is 0 Å². The van der Waals surface area contributed by atoms with Crippen molar-refractivity contribution in [3.63, 3.8) is 0 Å². The van der Waals surface area contributed by atoms with Crippen LogP contribution in [0.1, 0.15) is 30.4 Å². The summed E-state index contributed by atoms with van der Waals surface area (Å²) in [7, 11) is 0. The first-order valence-corrected chi connectivity index (χ1v) is 6.65. The molecule has 0 radical (unpaired) electrons. The summed E-state index contributed by atoms with van der Waals surface area (Å²) in [5, 5.41) is 0. The largest absolute Gasteiger partial charge is 0.303 e. The smallest absolute Gasteiger partial charge is 0.123 e. The van der Waals surface area contributed by atoms with Gasteiger partial charge >= 0.3 is 0 Å². The highest BCUT2D eigenvalue weighted by molar-refractivity contribution is 5.27. The number of halogens is 2. The standard InChI is InChI=1S/C15H21F2N/c1-11-6-13(8-15(17)7-11)12(2)14-9-18(10-14)5-3-4-16/h6-8,12,14H,3-5,9-10H2,1-2H3. The molecule has 1 fully saturated rings. The Morgan fingerprint density at radius 2 is 2.06 bits per heavy atom. The Bertz CT molecular complexity index is 379. The average Bonchev–Trinajstić information content (AvgIpc) is 2.25. The van der Waals surface area contributed by atoms with E-state index in [1.165, 1.54) is 0 Å². The maximum Gasteiger partial charge on any atom is 0.123 e. The van der Waals surface area contributed by atoms with Crippen LogP contribution in [0.2, 0.25) is 0 Å². The van der Waals surface area contributed by atoms with Crippen LogP contribution in [0, 0.1) is 18.7 Å². The van der Waals surface area contributed by atoms with E-state index in [1.54, 1.807) is 12.1 Å². The van der Waals surface area contributed by atoms with Crippen LogP contribution in [0.15, 0.2) is 18.2 Å². The van der Waals surface area contributed by atoms with Crippen LogP contribution >= 0.6 is 0 Å². The minimum absolute atomic E-state index is 0.148. The van der Waals surface area contributed by atoms with Gasteiger partial charge in [-0.05, 0) is 48.4 Å². The Kier molecular flexibility index (Phi) is 4.33. The second-order valence-electron chi connectivity index (χ2n) is 5.41. The molecule has 0 amide bonds. The number of hydrogen-bond acceptors (Lipinski definition) is 1. The third-order valence-corrected chi connectivity index (χ3v) is 3.89. The predicted octanol–water partition coefficient (Wildman–Crippen LogP) is 3.53.